The topological polar surface area (TPSA) is 213 Å². The third kappa shape index (κ3) is 10.5. The Kier molecular flexibility index (Phi) is 11.0. The van der Waals surface area contributed by atoms with E-state index in [9.17, 15) is 28.8 Å². The van der Waals surface area contributed by atoms with Gasteiger partial charge in [-0.05, 0) is 19.3 Å². The Bertz CT molecular complexity index is 579. The number of aldehydes is 1. The van der Waals surface area contributed by atoms with Crippen LogP contribution in [-0.2, 0) is 28.8 Å². The van der Waals surface area contributed by atoms with Gasteiger partial charge in [0.2, 0.25) is 11.8 Å². The summed E-state index contributed by atoms with van der Waals surface area (Å²) >= 11 is 0. The molecule has 0 aromatic rings. The van der Waals surface area contributed by atoms with Crippen LogP contribution in [0.25, 0.3) is 0 Å². The van der Waals surface area contributed by atoms with Crippen molar-refractivity contribution in [2.24, 2.45) is 5.73 Å². The Balaban J connectivity index is 4.52. The lowest BCUT2D eigenvalue weighted by Gasteiger charge is -2.16. The number of rotatable bonds is 14. The molecule has 12 heteroatoms. The van der Waals surface area contributed by atoms with Crippen molar-refractivity contribution in [2.75, 3.05) is 0 Å². The first-order valence-corrected chi connectivity index (χ1v) is 8.04. The molecule has 0 bridgehead atoms. The third-order valence-electron chi connectivity index (χ3n) is 3.50. The Labute approximate surface area is 154 Å². The van der Waals surface area contributed by atoms with Crippen molar-refractivity contribution >= 4 is 36.0 Å². The minimum Gasteiger partial charge on any atom is -0.480 e. The highest BCUT2D eigenvalue weighted by atomic mass is 16.4. The van der Waals surface area contributed by atoms with E-state index in [4.69, 9.17) is 21.1 Å². The van der Waals surface area contributed by atoms with Crippen LogP contribution in [0.2, 0.25) is 0 Å². The van der Waals surface area contributed by atoms with Crippen molar-refractivity contribution in [1.29, 1.82) is 0 Å². The molecule has 12 nitrogen and oxygen atoms in total. The fourth-order valence-corrected chi connectivity index (χ4v) is 1.97. The van der Waals surface area contributed by atoms with Crippen LogP contribution in [0.5, 0.6) is 0 Å². The molecule has 27 heavy (non-hydrogen) atoms. The number of nitrogens with two attached hydrogens (primary N) is 1. The fourth-order valence-electron chi connectivity index (χ4n) is 1.97. The van der Waals surface area contributed by atoms with E-state index in [0.717, 1.165) is 0 Å². The summed E-state index contributed by atoms with van der Waals surface area (Å²) in [6, 6.07) is -3.95. The molecule has 3 unspecified atom stereocenters. The molecular formula is C15H23N3O9. The van der Waals surface area contributed by atoms with Crippen LogP contribution in [0.15, 0.2) is 0 Å². The van der Waals surface area contributed by atoms with Crippen LogP contribution in [0.1, 0.15) is 38.5 Å². The van der Waals surface area contributed by atoms with Crippen molar-refractivity contribution < 1.29 is 44.1 Å². The molecule has 0 saturated carbocycles. The zero-order valence-corrected chi connectivity index (χ0v) is 14.4. The van der Waals surface area contributed by atoms with Crippen LogP contribution in [0.3, 0.4) is 0 Å². The number of carbonyl (C=O) groups is 6. The molecule has 0 aromatic carbocycles. The number of aliphatic carboxylic acids is 3. The van der Waals surface area contributed by atoms with Crippen molar-refractivity contribution in [2.45, 2.75) is 56.7 Å². The van der Waals surface area contributed by atoms with E-state index in [1.807, 2.05) is 0 Å². The Morgan fingerprint density at radius 3 is 1.63 bits per heavy atom. The Morgan fingerprint density at radius 2 is 1.22 bits per heavy atom. The highest BCUT2D eigenvalue weighted by Crippen LogP contribution is 2.03. The van der Waals surface area contributed by atoms with Crippen LogP contribution in [0.4, 0.5) is 0 Å². The van der Waals surface area contributed by atoms with Gasteiger partial charge in [0.25, 0.3) is 0 Å². The summed E-state index contributed by atoms with van der Waals surface area (Å²) in [6.07, 6.45) is -0.846. The number of amides is 2. The molecular weight excluding hydrogens is 366 g/mol. The first-order valence-electron chi connectivity index (χ1n) is 8.04. The van der Waals surface area contributed by atoms with Crippen LogP contribution in [0, 0.1) is 0 Å². The quantitative estimate of drug-likeness (QED) is 0.181. The number of hydrogen-bond donors (Lipinski definition) is 6. The molecule has 0 aromatic heterocycles. The Hall–Kier alpha value is -3.02. The highest BCUT2D eigenvalue weighted by Gasteiger charge is 2.24. The summed E-state index contributed by atoms with van der Waals surface area (Å²) in [4.78, 5) is 66.5. The lowest BCUT2D eigenvalue weighted by atomic mass is 10.1. The minimum absolute atomic E-state index is 0.0659. The van der Waals surface area contributed by atoms with Crippen molar-refractivity contribution in [3.05, 3.63) is 0 Å². The van der Waals surface area contributed by atoms with E-state index >= 15 is 0 Å². The average molecular weight is 389 g/mol. The van der Waals surface area contributed by atoms with Gasteiger partial charge in [-0.1, -0.05) is 0 Å². The van der Waals surface area contributed by atoms with Crippen LogP contribution >= 0.6 is 0 Å². The number of carboxylic acid groups (broad SMARTS) is 3. The van der Waals surface area contributed by atoms with Gasteiger partial charge < -0.3 is 36.5 Å². The van der Waals surface area contributed by atoms with Crippen molar-refractivity contribution in [3.63, 3.8) is 0 Å². The molecule has 0 heterocycles. The molecule has 7 N–H and O–H groups in total. The average Bonchev–Trinajstić information content (AvgIpc) is 2.59. The molecule has 0 radical (unpaired) electrons. The van der Waals surface area contributed by atoms with Gasteiger partial charge in [0.15, 0.2) is 0 Å². The largest absolute Gasteiger partial charge is 0.480 e. The monoisotopic (exact) mass is 389 g/mol. The van der Waals surface area contributed by atoms with Gasteiger partial charge in [-0.25, -0.2) is 9.59 Å². The SMILES string of the molecule is NC(CCC(=O)NC(CCC(=O)NC(CCC=O)C(=O)O)C(=O)O)C(=O)O. The van der Waals surface area contributed by atoms with Crippen LogP contribution < -0.4 is 16.4 Å². The summed E-state index contributed by atoms with van der Waals surface area (Å²) in [6.45, 7) is 0. The smallest absolute Gasteiger partial charge is 0.326 e. The minimum atomic E-state index is -1.41. The maximum absolute atomic E-state index is 11.8. The van der Waals surface area contributed by atoms with E-state index in [0.29, 0.717) is 6.29 Å². The second-order valence-corrected chi connectivity index (χ2v) is 5.68. The summed E-state index contributed by atoms with van der Waals surface area (Å²) in [5.74, 6) is -5.52. The molecule has 152 valence electrons. The van der Waals surface area contributed by atoms with E-state index in [2.05, 4.69) is 10.6 Å². The zero-order chi connectivity index (χ0) is 21.0. The first kappa shape index (κ1) is 24.0. The van der Waals surface area contributed by atoms with Crippen molar-refractivity contribution in [3.8, 4) is 0 Å². The number of nitrogens with one attached hydrogen (secondary N) is 2. The normalized spacial score (nSPS) is 13.7. The number of carbonyl (C=O) groups excluding carboxylic acids is 3. The van der Waals surface area contributed by atoms with E-state index in [-0.39, 0.29) is 38.5 Å². The standard InChI is InChI=1S/C15H23N3O9/c16-8(13(22)23)3-5-11(20)18-10(15(26)27)4-6-12(21)17-9(14(24)25)2-1-7-19/h7-10H,1-6,16H2,(H,17,21)(H,18,20)(H,22,23)(H,24,25)(H,26,27). The van der Waals surface area contributed by atoms with Gasteiger partial charge in [-0.2, -0.15) is 0 Å². The molecule has 0 saturated heterocycles. The molecule has 2 amide bonds. The fraction of sp³-hybridized carbons (Fsp3) is 0.600. The lowest BCUT2D eigenvalue weighted by Crippen LogP contribution is -2.44. The predicted molar refractivity (Wildman–Crippen MR) is 88.5 cm³/mol. The highest BCUT2D eigenvalue weighted by molar-refractivity contribution is 5.86. The molecule has 0 spiro atoms. The van der Waals surface area contributed by atoms with Gasteiger partial charge in [0.1, 0.15) is 24.4 Å². The van der Waals surface area contributed by atoms with E-state index in [1.54, 1.807) is 0 Å². The van der Waals surface area contributed by atoms with Crippen molar-refractivity contribution in [1.82, 2.24) is 10.6 Å². The zero-order valence-electron chi connectivity index (χ0n) is 14.4. The van der Waals surface area contributed by atoms with Crippen LogP contribution in [-0.4, -0.2) is 69.5 Å². The molecule has 0 aliphatic carbocycles. The molecule has 0 aliphatic heterocycles. The predicted octanol–water partition coefficient (Wildman–Crippen LogP) is -1.92. The summed E-state index contributed by atoms with van der Waals surface area (Å²) in [7, 11) is 0. The first-order chi connectivity index (χ1) is 12.6. The number of hydrogen-bond acceptors (Lipinski definition) is 7. The molecule has 3 atom stereocenters. The summed E-state index contributed by atoms with van der Waals surface area (Å²) < 4.78 is 0. The van der Waals surface area contributed by atoms with Gasteiger partial charge in [-0.15, -0.1) is 0 Å². The second kappa shape index (κ2) is 12.4. The molecule has 0 aliphatic rings. The lowest BCUT2D eigenvalue weighted by molar-refractivity contribution is -0.143. The summed E-state index contributed by atoms with van der Waals surface area (Å²) in [5.41, 5.74) is 5.24. The molecule has 0 fully saturated rings. The summed E-state index contributed by atoms with van der Waals surface area (Å²) in [5, 5.41) is 31.0. The van der Waals surface area contributed by atoms with E-state index < -0.39 is 47.8 Å². The van der Waals surface area contributed by atoms with E-state index in [1.165, 1.54) is 0 Å². The van der Waals surface area contributed by atoms with Gasteiger partial charge in [0, 0.05) is 19.3 Å². The van der Waals surface area contributed by atoms with Gasteiger partial charge in [-0.3, -0.25) is 14.4 Å². The molecule has 0 rings (SSSR count). The second-order valence-electron chi connectivity index (χ2n) is 5.68. The maximum atomic E-state index is 11.8. The maximum Gasteiger partial charge on any atom is 0.326 e. The Morgan fingerprint density at radius 1 is 0.778 bits per heavy atom. The number of carboxylic acids is 3. The van der Waals surface area contributed by atoms with Gasteiger partial charge >= 0.3 is 17.9 Å². The van der Waals surface area contributed by atoms with Gasteiger partial charge in [0.05, 0.1) is 0 Å². The third-order valence-corrected chi connectivity index (χ3v) is 3.50.